The third-order valence-corrected chi connectivity index (χ3v) is 4.33. The van der Waals surface area contributed by atoms with Crippen molar-refractivity contribution in [1.82, 2.24) is 9.80 Å². The van der Waals surface area contributed by atoms with Crippen LogP contribution in [0.15, 0.2) is 0 Å². The molecule has 0 aromatic carbocycles. The van der Waals surface area contributed by atoms with Gasteiger partial charge in [-0.25, -0.2) is 9.69 Å². The molecule has 104 valence electrons. The van der Waals surface area contributed by atoms with Crippen LogP contribution >= 0.6 is 0 Å². The molecule has 1 saturated carbocycles. The molecule has 0 unspecified atom stereocenters. The van der Waals surface area contributed by atoms with Gasteiger partial charge in [-0.1, -0.05) is 12.8 Å². The first-order valence-corrected chi connectivity index (χ1v) is 6.94. The van der Waals surface area contributed by atoms with Crippen molar-refractivity contribution in [3.05, 3.63) is 0 Å². The first kappa shape index (κ1) is 12.4. The maximum Gasteiger partial charge on any atom is 0.417 e. The molecule has 0 radical (unpaired) electrons. The normalized spacial score (nSPS) is 28.3. The lowest BCUT2D eigenvalue weighted by Crippen LogP contribution is -2.42. The maximum absolute atomic E-state index is 12.3. The third-order valence-electron chi connectivity index (χ3n) is 4.33. The van der Waals surface area contributed by atoms with Crippen molar-refractivity contribution < 1.29 is 19.1 Å². The number of amides is 3. The summed E-state index contributed by atoms with van der Waals surface area (Å²) in [5.74, 6) is 0.0603. The van der Waals surface area contributed by atoms with Crippen molar-refractivity contribution in [1.29, 1.82) is 0 Å². The van der Waals surface area contributed by atoms with E-state index in [-0.39, 0.29) is 30.4 Å². The van der Waals surface area contributed by atoms with Crippen LogP contribution in [0.25, 0.3) is 0 Å². The zero-order valence-electron chi connectivity index (χ0n) is 10.8. The Bertz CT molecular complexity index is 401. The van der Waals surface area contributed by atoms with Gasteiger partial charge >= 0.3 is 6.09 Å². The summed E-state index contributed by atoms with van der Waals surface area (Å²) in [4.78, 5) is 38.3. The average molecular weight is 266 g/mol. The Labute approximate surface area is 111 Å². The van der Waals surface area contributed by atoms with E-state index >= 15 is 0 Å². The van der Waals surface area contributed by atoms with Gasteiger partial charge in [0.1, 0.15) is 0 Å². The van der Waals surface area contributed by atoms with E-state index in [0.717, 1.165) is 25.7 Å². The van der Waals surface area contributed by atoms with Gasteiger partial charge in [0.2, 0.25) is 5.91 Å². The zero-order valence-corrected chi connectivity index (χ0v) is 10.8. The van der Waals surface area contributed by atoms with Crippen LogP contribution in [0, 0.1) is 5.92 Å². The molecule has 3 rings (SSSR count). The van der Waals surface area contributed by atoms with E-state index in [0.29, 0.717) is 19.5 Å². The number of hydrogen-bond acceptors (Lipinski definition) is 4. The second kappa shape index (κ2) is 4.83. The minimum Gasteiger partial charge on any atom is -0.439 e. The van der Waals surface area contributed by atoms with Crippen LogP contribution in [0.4, 0.5) is 4.79 Å². The van der Waals surface area contributed by atoms with Crippen LogP contribution in [0.3, 0.4) is 0 Å². The lowest BCUT2D eigenvalue weighted by molar-refractivity contribution is -0.135. The van der Waals surface area contributed by atoms with Crippen LogP contribution in [0.5, 0.6) is 0 Å². The number of nitrogens with zero attached hydrogens (tertiary/aromatic N) is 2. The zero-order chi connectivity index (χ0) is 13.4. The van der Waals surface area contributed by atoms with Gasteiger partial charge in [-0.05, 0) is 19.3 Å². The fraction of sp³-hybridized carbons (Fsp3) is 0.769. The van der Waals surface area contributed by atoms with Crippen LogP contribution < -0.4 is 0 Å². The third kappa shape index (κ3) is 2.19. The molecule has 2 heterocycles. The Morgan fingerprint density at radius 3 is 2.53 bits per heavy atom. The van der Waals surface area contributed by atoms with Crippen LogP contribution in [-0.4, -0.2) is 53.4 Å². The monoisotopic (exact) mass is 266 g/mol. The summed E-state index contributed by atoms with van der Waals surface area (Å²) in [5.41, 5.74) is 0. The fourth-order valence-electron chi connectivity index (χ4n) is 3.30. The predicted molar refractivity (Wildman–Crippen MR) is 65.1 cm³/mol. The van der Waals surface area contributed by atoms with E-state index < -0.39 is 6.09 Å². The van der Waals surface area contributed by atoms with Gasteiger partial charge in [-0.15, -0.1) is 0 Å². The first-order valence-electron chi connectivity index (χ1n) is 6.94. The van der Waals surface area contributed by atoms with E-state index in [4.69, 9.17) is 4.74 Å². The minimum absolute atomic E-state index is 0.153. The first-order chi connectivity index (χ1) is 9.16. The van der Waals surface area contributed by atoms with E-state index in [9.17, 15) is 14.4 Å². The lowest BCUT2D eigenvalue weighted by atomic mass is 10.1. The summed E-state index contributed by atoms with van der Waals surface area (Å²) in [5, 5.41) is 0. The molecule has 3 aliphatic rings. The summed E-state index contributed by atoms with van der Waals surface area (Å²) in [6.45, 7) is 0.944. The Kier molecular flexibility index (Phi) is 3.16. The summed E-state index contributed by atoms with van der Waals surface area (Å²) in [6.07, 6.45) is 4.31. The van der Waals surface area contributed by atoms with Crippen molar-refractivity contribution in [2.24, 2.45) is 5.92 Å². The van der Waals surface area contributed by atoms with Gasteiger partial charge in [-0.3, -0.25) is 9.59 Å². The number of cyclic esters (lactones) is 1. The molecule has 3 amide bonds. The molecule has 2 aliphatic heterocycles. The van der Waals surface area contributed by atoms with Gasteiger partial charge in [0.15, 0.2) is 6.61 Å². The standard InChI is InChI=1S/C13H18N2O4/c16-11-8-19-13(18)15(11)10-5-6-14(7-10)12(17)9-3-1-2-4-9/h9-10H,1-8H2/t10-/m0/s1. The second-order valence-electron chi connectivity index (χ2n) is 5.53. The molecule has 0 spiro atoms. The molecule has 6 nitrogen and oxygen atoms in total. The average Bonchev–Trinajstić information content (AvgIpc) is 3.10. The lowest BCUT2D eigenvalue weighted by Gasteiger charge is -2.22. The highest BCUT2D eigenvalue weighted by atomic mass is 16.6. The maximum atomic E-state index is 12.3. The molecule has 2 saturated heterocycles. The van der Waals surface area contributed by atoms with Gasteiger partial charge < -0.3 is 9.64 Å². The topological polar surface area (TPSA) is 66.9 Å². The molecule has 0 aromatic heterocycles. The fourth-order valence-corrected chi connectivity index (χ4v) is 3.30. The van der Waals surface area contributed by atoms with E-state index in [1.807, 2.05) is 0 Å². The molecule has 1 atom stereocenters. The highest BCUT2D eigenvalue weighted by molar-refractivity contribution is 5.98. The number of carbonyl (C=O) groups excluding carboxylic acids is 3. The molecule has 0 bridgehead atoms. The molecule has 1 aliphatic carbocycles. The number of hydrogen-bond donors (Lipinski definition) is 0. The molecular formula is C13H18N2O4. The number of rotatable bonds is 2. The smallest absolute Gasteiger partial charge is 0.417 e. The van der Waals surface area contributed by atoms with Gasteiger partial charge in [0, 0.05) is 19.0 Å². The number of ether oxygens (including phenoxy) is 1. The second-order valence-corrected chi connectivity index (χ2v) is 5.53. The summed E-state index contributed by atoms with van der Waals surface area (Å²) in [7, 11) is 0. The highest BCUT2D eigenvalue weighted by Gasteiger charge is 2.42. The van der Waals surface area contributed by atoms with Crippen LogP contribution in [-0.2, 0) is 14.3 Å². The van der Waals surface area contributed by atoms with E-state index in [2.05, 4.69) is 0 Å². The molecule has 3 fully saturated rings. The van der Waals surface area contributed by atoms with Crippen molar-refractivity contribution in [2.75, 3.05) is 19.7 Å². The summed E-state index contributed by atoms with van der Waals surface area (Å²) >= 11 is 0. The number of imide groups is 1. The van der Waals surface area contributed by atoms with E-state index in [1.54, 1.807) is 4.90 Å². The van der Waals surface area contributed by atoms with E-state index in [1.165, 1.54) is 4.90 Å². The molecular weight excluding hydrogens is 248 g/mol. The van der Waals surface area contributed by atoms with Crippen molar-refractivity contribution in [3.63, 3.8) is 0 Å². The number of likely N-dealkylation sites (tertiary alicyclic amines) is 1. The van der Waals surface area contributed by atoms with Crippen molar-refractivity contribution in [2.45, 2.75) is 38.1 Å². The van der Waals surface area contributed by atoms with Crippen molar-refractivity contribution in [3.8, 4) is 0 Å². The molecule has 6 heteroatoms. The van der Waals surface area contributed by atoms with Crippen molar-refractivity contribution >= 4 is 17.9 Å². The molecule has 19 heavy (non-hydrogen) atoms. The Morgan fingerprint density at radius 2 is 1.89 bits per heavy atom. The van der Waals surface area contributed by atoms with Crippen LogP contribution in [0.1, 0.15) is 32.1 Å². The summed E-state index contributed by atoms with van der Waals surface area (Å²) < 4.78 is 4.72. The largest absolute Gasteiger partial charge is 0.439 e. The SMILES string of the molecule is O=C(C1CCCC1)N1CC[C@H](N2C(=O)COC2=O)C1. The number of carbonyl (C=O) groups is 3. The highest BCUT2D eigenvalue weighted by Crippen LogP contribution is 2.29. The Hall–Kier alpha value is -1.59. The van der Waals surface area contributed by atoms with Gasteiger partial charge in [0.05, 0.1) is 6.04 Å². The van der Waals surface area contributed by atoms with Gasteiger partial charge in [0.25, 0.3) is 5.91 Å². The summed E-state index contributed by atoms with van der Waals surface area (Å²) in [6, 6.07) is -0.201. The molecule has 0 N–H and O–H groups in total. The quantitative estimate of drug-likeness (QED) is 0.740. The van der Waals surface area contributed by atoms with Crippen LogP contribution in [0.2, 0.25) is 0 Å². The Balaban J connectivity index is 1.62. The minimum atomic E-state index is -0.565. The van der Waals surface area contributed by atoms with Gasteiger partial charge in [-0.2, -0.15) is 0 Å². The predicted octanol–water partition coefficient (Wildman–Crippen LogP) is 0.756. The molecule has 0 aromatic rings. The Morgan fingerprint density at radius 1 is 1.16 bits per heavy atom.